The minimum atomic E-state index is -0.729. The van der Waals surface area contributed by atoms with Crippen LogP contribution in [0, 0.1) is 35.3 Å². The van der Waals surface area contributed by atoms with Crippen molar-refractivity contribution in [1.29, 1.82) is 5.26 Å². The van der Waals surface area contributed by atoms with E-state index in [1.165, 1.54) is 24.4 Å². The van der Waals surface area contributed by atoms with Crippen molar-refractivity contribution in [2.45, 2.75) is 13.8 Å². The molecule has 0 aromatic heterocycles. The molecular formula is C18H16N4O3. The molecule has 126 valence electrons. The van der Waals surface area contributed by atoms with Crippen LogP contribution in [0.3, 0.4) is 0 Å². The fraction of sp³-hybridized carbons (Fsp3) is 0.111. The van der Waals surface area contributed by atoms with Crippen LogP contribution in [0.25, 0.3) is 0 Å². The number of aryl methyl sites for hydroxylation is 2. The highest BCUT2D eigenvalue weighted by Crippen LogP contribution is 2.23. The van der Waals surface area contributed by atoms with Gasteiger partial charge in [0.05, 0.1) is 4.92 Å². The quantitative estimate of drug-likeness (QED) is 0.375. The number of nitro groups is 1. The van der Waals surface area contributed by atoms with Gasteiger partial charge in [-0.25, -0.2) is 0 Å². The lowest BCUT2D eigenvalue weighted by atomic mass is 10.1. The molecule has 0 saturated heterocycles. The number of para-hydroxylation sites is 2. The van der Waals surface area contributed by atoms with Crippen LogP contribution in [0.1, 0.15) is 11.1 Å². The van der Waals surface area contributed by atoms with Crippen molar-refractivity contribution < 1.29 is 9.72 Å². The number of nitro benzene ring substituents is 1. The average molecular weight is 336 g/mol. The molecule has 0 aliphatic heterocycles. The van der Waals surface area contributed by atoms with E-state index in [1.54, 1.807) is 12.1 Å². The van der Waals surface area contributed by atoms with Gasteiger partial charge in [0.1, 0.15) is 17.3 Å². The molecule has 2 rings (SSSR count). The van der Waals surface area contributed by atoms with Gasteiger partial charge in [0.25, 0.3) is 11.6 Å². The van der Waals surface area contributed by atoms with E-state index in [9.17, 15) is 20.2 Å². The van der Waals surface area contributed by atoms with E-state index in [-0.39, 0.29) is 16.9 Å². The number of carbonyl (C=O) groups is 1. The summed E-state index contributed by atoms with van der Waals surface area (Å²) in [6.45, 7) is 3.94. The Morgan fingerprint density at radius 1 is 1.20 bits per heavy atom. The normalized spacial score (nSPS) is 10.7. The maximum atomic E-state index is 12.2. The molecule has 2 N–H and O–H groups in total. The first-order chi connectivity index (χ1) is 11.9. The Morgan fingerprint density at radius 3 is 2.56 bits per heavy atom. The zero-order valence-corrected chi connectivity index (χ0v) is 13.7. The van der Waals surface area contributed by atoms with Gasteiger partial charge in [-0.2, -0.15) is 5.26 Å². The Bertz CT molecular complexity index is 897. The lowest BCUT2D eigenvalue weighted by Crippen LogP contribution is -2.15. The molecule has 7 nitrogen and oxygen atoms in total. The molecule has 25 heavy (non-hydrogen) atoms. The lowest BCUT2D eigenvalue weighted by Gasteiger charge is -2.07. The zero-order chi connectivity index (χ0) is 18.4. The van der Waals surface area contributed by atoms with E-state index in [0.29, 0.717) is 0 Å². The number of nitrogens with one attached hydrogen (secondary N) is 2. The summed E-state index contributed by atoms with van der Waals surface area (Å²) in [5.74, 6) is -0.729. The second-order valence-electron chi connectivity index (χ2n) is 5.34. The fourth-order valence-electron chi connectivity index (χ4n) is 2.06. The number of anilines is 2. The van der Waals surface area contributed by atoms with Crippen LogP contribution < -0.4 is 10.6 Å². The Hall–Kier alpha value is -3.66. The predicted molar refractivity (Wildman–Crippen MR) is 95.0 cm³/mol. The van der Waals surface area contributed by atoms with Crippen molar-refractivity contribution in [3.05, 3.63) is 75.5 Å². The number of benzene rings is 2. The lowest BCUT2D eigenvalue weighted by molar-refractivity contribution is -0.383. The highest BCUT2D eigenvalue weighted by Gasteiger charge is 2.17. The summed E-state index contributed by atoms with van der Waals surface area (Å²) in [7, 11) is 0. The maximum Gasteiger partial charge on any atom is 0.292 e. The number of rotatable bonds is 5. The third kappa shape index (κ3) is 4.42. The highest BCUT2D eigenvalue weighted by atomic mass is 16.6. The van der Waals surface area contributed by atoms with E-state index in [1.807, 2.05) is 32.0 Å². The third-order valence-electron chi connectivity index (χ3n) is 3.60. The van der Waals surface area contributed by atoms with E-state index in [4.69, 9.17) is 0 Å². The molecule has 0 atom stereocenters. The first kappa shape index (κ1) is 17.7. The summed E-state index contributed by atoms with van der Waals surface area (Å²) in [6.07, 6.45) is 1.27. The highest BCUT2D eigenvalue weighted by molar-refractivity contribution is 6.07. The minimum absolute atomic E-state index is 0.0323. The van der Waals surface area contributed by atoms with Crippen molar-refractivity contribution in [2.75, 3.05) is 10.6 Å². The second kappa shape index (κ2) is 7.75. The second-order valence-corrected chi connectivity index (χ2v) is 5.34. The molecule has 0 unspecified atom stereocenters. The molecule has 2 aromatic rings. The first-order valence-corrected chi connectivity index (χ1v) is 7.41. The molecular weight excluding hydrogens is 320 g/mol. The van der Waals surface area contributed by atoms with Gasteiger partial charge in [-0.15, -0.1) is 0 Å². The molecule has 0 aliphatic carbocycles. The van der Waals surface area contributed by atoms with Crippen LogP contribution >= 0.6 is 0 Å². The van der Waals surface area contributed by atoms with Crippen LogP contribution in [-0.2, 0) is 4.79 Å². The van der Waals surface area contributed by atoms with Gasteiger partial charge in [-0.3, -0.25) is 14.9 Å². The molecule has 1 amide bonds. The number of hydrogen-bond acceptors (Lipinski definition) is 5. The van der Waals surface area contributed by atoms with Gasteiger partial charge < -0.3 is 10.6 Å². The molecule has 0 saturated carbocycles. The third-order valence-corrected chi connectivity index (χ3v) is 3.60. The summed E-state index contributed by atoms with van der Waals surface area (Å²) >= 11 is 0. The van der Waals surface area contributed by atoms with E-state index in [0.717, 1.165) is 16.8 Å². The monoisotopic (exact) mass is 336 g/mol. The number of amides is 1. The van der Waals surface area contributed by atoms with Gasteiger partial charge in [-0.05, 0) is 43.2 Å². The van der Waals surface area contributed by atoms with E-state index in [2.05, 4.69) is 10.6 Å². The molecule has 0 aliphatic rings. The van der Waals surface area contributed by atoms with Crippen LogP contribution in [0.15, 0.2) is 54.2 Å². The average Bonchev–Trinajstić information content (AvgIpc) is 2.58. The van der Waals surface area contributed by atoms with Gasteiger partial charge in [0.15, 0.2) is 0 Å². The van der Waals surface area contributed by atoms with Crippen molar-refractivity contribution >= 4 is 23.0 Å². The van der Waals surface area contributed by atoms with Crippen LogP contribution in [0.4, 0.5) is 17.1 Å². The zero-order valence-electron chi connectivity index (χ0n) is 13.7. The topological polar surface area (TPSA) is 108 Å². The summed E-state index contributed by atoms with van der Waals surface area (Å²) in [5, 5.41) is 25.4. The SMILES string of the molecule is Cc1ccc(N/C=C(/C#N)C(=O)Nc2ccccc2[N+](=O)[O-])cc1C. The number of carbonyl (C=O) groups excluding carboxylic acids is 1. The molecule has 0 fully saturated rings. The van der Waals surface area contributed by atoms with Gasteiger partial charge >= 0.3 is 0 Å². The van der Waals surface area contributed by atoms with Crippen molar-refractivity contribution in [3.8, 4) is 6.07 Å². The number of hydrogen-bond donors (Lipinski definition) is 2. The van der Waals surface area contributed by atoms with Crippen LogP contribution in [-0.4, -0.2) is 10.8 Å². The largest absolute Gasteiger partial charge is 0.360 e. The molecule has 0 heterocycles. The van der Waals surface area contributed by atoms with Crippen LogP contribution in [0.2, 0.25) is 0 Å². The first-order valence-electron chi connectivity index (χ1n) is 7.41. The van der Waals surface area contributed by atoms with Gasteiger partial charge in [0.2, 0.25) is 0 Å². The van der Waals surface area contributed by atoms with E-state index >= 15 is 0 Å². The Balaban J connectivity index is 2.17. The van der Waals surface area contributed by atoms with Gasteiger partial charge in [0, 0.05) is 18.0 Å². The molecule has 0 radical (unpaired) electrons. The number of nitrogens with zero attached hydrogens (tertiary/aromatic N) is 2. The summed E-state index contributed by atoms with van der Waals surface area (Å²) in [6, 6.07) is 13.2. The standard InChI is InChI=1S/C18H16N4O3/c1-12-7-8-15(9-13(12)2)20-11-14(10-19)18(23)21-16-5-3-4-6-17(16)22(24)25/h3-9,11,20H,1-2H3,(H,21,23)/b14-11-. The smallest absolute Gasteiger partial charge is 0.292 e. The Labute approximate surface area is 144 Å². The summed E-state index contributed by atoms with van der Waals surface area (Å²) in [5.41, 5.74) is 2.52. The Morgan fingerprint density at radius 2 is 1.92 bits per heavy atom. The van der Waals surface area contributed by atoms with Crippen LogP contribution in [0.5, 0.6) is 0 Å². The van der Waals surface area contributed by atoms with E-state index < -0.39 is 10.8 Å². The predicted octanol–water partition coefficient (Wildman–Crippen LogP) is 3.67. The summed E-state index contributed by atoms with van der Waals surface area (Å²) in [4.78, 5) is 22.6. The fourth-order valence-corrected chi connectivity index (χ4v) is 2.06. The summed E-state index contributed by atoms with van der Waals surface area (Å²) < 4.78 is 0. The van der Waals surface area contributed by atoms with Crippen molar-refractivity contribution in [2.24, 2.45) is 0 Å². The Kier molecular flexibility index (Phi) is 5.48. The molecule has 0 bridgehead atoms. The number of nitriles is 1. The molecule has 2 aromatic carbocycles. The van der Waals surface area contributed by atoms with Crippen molar-refractivity contribution in [3.63, 3.8) is 0 Å². The van der Waals surface area contributed by atoms with Crippen molar-refractivity contribution in [1.82, 2.24) is 0 Å². The maximum absolute atomic E-state index is 12.2. The minimum Gasteiger partial charge on any atom is -0.360 e. The molecule has 7 heteroatoms. The molecule has 0 spiro atoms. The van der Waals surface area contributed by atoms with Gasteiger partial charge in [-0.1, -0.05) is 18.2 Å².